The van der Waals surface area contributed by atoms with E-state index in [0.717, 1.165) is 0 Å². The minimum atomic E-state index is -0.443. The first kappa shape index (κ1) is 15.2. The Morgan fingerprint density at radius 1 is 1.28 bits per heavy atom. The van der Waals surface area contributed by atoms with Gasteiger partial charge in [-0.15, -0.1) is 0 Å². The van der Waals surface area contributed by atoms with Gasteiger partial charge in [0, 0.05) is 30.9 Å². The van der Waals surface area contributed by atoms with Crippen LogP contribution >= 0.6 is 0 Å². The Labute approximate surface area is 142 Å². The first-order valence-electron chi connectivity index (χ1n) is 7.57. The number of aromatic amines is 1. The molecule has 4 N–H and O–H groups in total. The number of furan rings is 1. The van der Waals surface area contributed by atoms with Crippen LogP contribution in [-0.4, -0.2) is 41.0 Å². The Balaban J connectivity index is 1.90. The Morgan fingerprint density at radius 3 is 2.76 bits per heavy atom. The molecule has 0 fully saturated rings. The molecule has 0 bridgehead atoms. The number of hydrazine groups is 1. The number of rotatable bonds is 3. The number of nitrogens with zero attached hydrogens (tertiary/aromatic N) is 2. The molecule has 1 aliphatic carbocycles. The molecular formula is C17H15N5O3. The fourth-order valence-corrected chi connectivity index (χ4v) is 3.04. The third kappa shape index (κ3) is 2.15. The summed E-state index contributed by atoms with van der Waals surface area (Å²) in [6.07, 6.45) is 1.52. The number of nitrogens with one attached hydrogen (secondary N) is 2. The maximum atomic E-state index is 13.1. The summed E-state index contributed by atoms with van der Waals surface area (Å²) in [5.41, 5.74) is 11.2. The maximum absolute atomic E-state index is 13.1. The van der Waals surface area contributed by atoms with Gasteiger partial charge in [-0.3, -0.25) is 20.1 Å². The second-order valence-electron chi connectivity index (χ2n) is 5.92. The molecule has 1 aliphatic rings. The summed E-state index contributed by atoms with van der Waals surface area (Å²) in [4.78, 5) is 25.6. The van der Waals surface area contributed by atoms with Crippen LogP contribution in [0.1, 0.15) is 26.3 Å². The Bertz CT molecular complexity index is 1000. The number of hydrogen-bond donors (Lipinski definition) is 3. The maximum Gasteiger partial charge on any atom is 0.268 e. The number of ketones is 1. The van der Waals surface area contributed by atoms with E-state index in [1.54, 1.807) is 38.4 Å². The standard InChI is InChI=1S/C17H15N5O3/c1-22(2)21-17(24)12-9(18)6-5-8-11(12)16(23)13-14(8)19-20-15(13)10-4-3-7-25-10/h3-7H,18H2,1-2H3,(H,19,20)(H,21,24). The third-order valence-corrected chi connectivity index (χ3v) is 4.03. The average molecular weight is 337 g/mol. The first-order chi connectivity index (χ1) is 12.0. The lowest BCUT2D eigenvalue weighted by atomic mass is 9.99. The molecule has 1 aromatic carbocycles. The smallest absolute Gasteiger partial charge is 0.268 e. The number of nitrogen functional groups attached to an aromatic ring is 1. The number of aromatic nitrogens is 2. The number of hydrogen-bond acceptors (Lipinski definition) is 6. The number of carbonyl (C=O) groups is 2. The van der Waals surface area contributed by atoms with Crippen LogP contribution in [0.25, 0.3) is 22.7 Å². The zero-order chi connectivity index (χ0) is 17.7. The van der Waals surface area contributed by atoms with Gasteiger partial charge in [-0.2, -0.15) is 5.10 Å². The van der Waals surface area contributed by atoms with Crippen LogP contribution in [0, 0.1) is 0 Å². The van der Waals surface area contributed by atoms with Crippen molar-refractivity contribution in [3.05, 3.63) is 47.2 Å². The summed E-state index contributed by atoms with van der Waals surface area (Å²) in [7, 11) is 3.36. The fourth-order valence-electron chi connectivity index (χ4n) is 3.04. The van der Waals surface area contributed by atoms with E-state index < -0.39 is 5.91 Å². The van der Waals surface area contributed by atoms with Crippen molar-refractivity contribution in [2.45, 2.75) is 0 Å². The van der Waals surface area contributed by atoms with Crippen LogP contribution in [0.5, 0.6) is 0 Å². The van der Waals surface area contributed by atoms with Crippen molar-refractivity contribution in [2.24, 2.45) is 0 Å². The van der Waals surface area contributed by atoms with Crippen LogP contribution < -0.4 is 11.2 Å². The lowest BCUT2D eigenvalue weighted by Crippen LogP contribution is -2.37. The van der Waals surface area contributed by atoms with Gasteiger partial charge in [0.05, 0.1) is 17.4 Å². The summed E-state index contributed by atoms with van der Waals surface area (Å²) in [5, 5.41) is 8.58. The normalized spacial score (nSPS) is 12.4. The number of nitrogens with two attached hydrogens (primary N) is 1. The zero-order valence-corrected chi connectivity index (χ0v) is 13.6. The highest BCUT2D eigenvalue weighted by atomic mass is 16.3. The van der Waals surface area contributed by atoms with E-state index in [9.17, 15) is 9.59 Å². The van der Waals surface area contributed by atoms with E-state index in [-0.39, 0.29) is 22.6 Å². The van der Waals surface area contributed by atoms with Gasteiger partial charge in [0.2, 0.25) is 0 Å². The lowest BCUT2D eigenvalue weighted by molar-refractivity contribution is 0.0852. The predicted octanol–water partition coefficient (Wildman–Crippen LogP) is 1.67. The topological polar surface area (TPSA) is 117 Å². The minimum Gasteiger partial charge on any atom is -0.463 e. The van der Waals surface area contributed by atoms with Gasteiger partial charge in [0.15, 0.2) is 11.5 Å². The highest BCUT2D eigenvalue weighted by molar-refractivity contribution is 6.28. The molecule has 8 heteroatoms. The fraction of sp³-hybridized carbons (Fsp3) is 0.118. The molecule has 25 heavy (non-hydrogen) atoms. The van der Waals surface area contributed by atoms with E-state index in [1.807, 2.05) is 0 Å². The number of fused-ring (bicyclic) bond motifs is 3. The second-order valence-corrected chi connectivity index (χ2v) is 5.92. The highest BCUT2D eigenvalue weighted by Gasteiger charge is 2.37. The molecule has 2 heterocycles. The summed E-state index contributed by atoms with van der Waals surface area (Å²) in [5.74, 6) is -0.245. The van der Waals surface area contributed by atoms with Gasteiger partial charge in [0.25, 0.3) is 5.91 Å². The van der Waals surface area contributed by atoms with Gasteiger partial charge in [-0.1, -0.05) is 0 Å². The average Bonchev–Trinajstić information content (AvgIpc) is 3.25. The number of carbonyl (C=O) groups excluding carboxylic acids is 2. The van der Waals surface area contributed by atoms with Gasteiger partial charge in [-0.05, 0) is 24.3 Å². The third-order valence-electron chi connectivity index (χ3n) is 4.03. The Kier molecular flexibility index (Phi) is 3.22. The van der Waals surface area contributed by atoms with E-state index in [0.29, 0.717) is 28.3 Å². The van der Waals surface area contributed by atoms with Crippen molar-refractivity contribution in [2.75, 3.05) is 19.8 Å². The van der Waals surface area contributed by atoms with Crippen molar-refractivity contribution >= 4 is 17.4 Å². The summed E-state index contributed by atoms with van der Waals surface area (Å²) < 4.78 is 5.37. The molecule has 0 unspecified atom stereocenters. The molecule has 8 nitrogen and oxygen atoms in total. The van der Waals surface area contributed by atoms with Crippen molar-refractivity contribution in [1.82, 2.24) is 20.6 Å². The molecule has 3 aromatic rings. The molecule has 0 saturated carbocycles. The van der Waals surface area contributed by atoms with Crippen LogP contribution in [0.2, 0.25) is 0 Å². The largest absolute Gasteiger partial charge is 0.463 e. The van der Waals surface area contributed by atoms with Crippen molar-refractivity contribution < 1.29 is 14.0 Å². The van der Waals surface area contributed by atoms with Crippen molar-refractivity contribution in [3.63, 3.8) is 0 Å². The lowest BCUT2D eigenvalue weighted by Gasteiger charge is -2.15. The monoisotopic (exact) mass is 337 g/mol. The van der Waals surface area contributed by atoms with Crippen molar-refractivity contribution in [3.8, 4) is 22.7 Å². The molecule has 0 spiro atoms. The van der Waals surface area contributed by atoms with E-state index in [4.69, 9.17) is 10.2 Å². The van der Waals surface area contributed by atoms with E-state index >= 15 is 0 Å². The van der Waals surface area contributed by atoms with Gasteiger partial charge in [-0.25, -0.2) is 5.01 Å². The number of amides is 1. The molecule has 0 aliphatic heterocycles. The quantitative estimate of drug-likeness (QED) is 0.387. The molecule has 2 aromatic heterocycles. The van der Waals surface area contributed by atoms with E-state index in [2.05, 4.69) is 15.6 Å². The van der Waals surface area contributed by atoms with Crippen LogP contribution in [0.3, 0.4) is 0 Å². The molecule has 0 saturated heterocycles. The summed E-state index contributed by atoms with van der Waals surface area (Å²) >= 11 is 0. The first-order valence-corrected chi connectivity index (χ1v) is 7.57. The highest BCUT2D eigenvalue weighted by Crippen LogP contribution is 2.42. The Hall–Kier alpha value is -3.39. The minimum absolute atomic E-state index is 0.152. The number of benzene rings is 1. The molecule has 1 amide bonds. The van der Waals surface area contributed by atoms with Gasteiger partial charge < -0.3 is 10.2 Å². The van der Waals surface area contributed by atoms with Gasteiger partial charge in [0.1, 0.15) is 11.4 Å². The van der Waals surface area contributed by atoms with Crippen LogP contribution in [0.15, 0.2) is 34.9 Å². The number of anilines is 1. The zero-order valence-electron chi connectivity index (χ0n) is 13.6. The molecule has 4 rings (SSSR count). The SMILES string of the molecule is CN(C)NC(=O)c1c(N)ccc2c1C(=O)c1c-2n[nH]c1-c1ccco1. The molecule has 126 valence electrons. The second kappa shape index (κ2) is 5.32. The van der Waals surface area contributed by atoms with Gasteiger partial charge >= 0.3 is 0 Å². The van der Waals surface area contributed by atoms with Crippen LogP contribution in [-0.2, 0) is 0 Å². The number of H-pyrrole nitrogens is 1. The molecule has 0 radical (unpaired) electrons. The summed E-state index contributed by atoms with van der Waals surface area (Å²) in [6, 6.07) is 6.77. The van der Waals surface area contributed by atoms with Crippen molar-refractivity contribution in [1.29, 1.82) is 0 Å². The van der Waals surface area contributed by atoms with E-state index in [1.165, 1.54) is 11.3 Å². The summed E-state index contributed by atoms with van der Waals surface area (Å²) in [6.45, 7) is 0. The van der Waals surface area contributed by atoms with Crippen LogP contribution in [0.4, 0.5) is 5.69 Å². The molecular weight excluding hydrogens is 322 g/mol. The predicted molar refractivity (Wildman–Crippen MR) is 90.7 cm³/mol. The molecule has 0 atom stereocenters. The Morgan fingerprint density at radius 2 is 2.08 bits per heavy atom.